The fourth-order valence-electron chi connectivity index (χ4n) is 3.21. The van der Waals surface area contributed by atoms with Gasteiger partial charge < -0.3 is 4.90 Å². The second-order valence-electron chi connectivity index (χ2n) is 5.49. The minimum Gasteiger partial charge on any atom is -0.323 e. The number of rotatable bonds is 7. The van der Waals surface area contributed by atoms with Crippen LogP contribution in [0.4, 0.5) is 0 Å². The quantitative estimate of drug-likeness (QED) is 0.757. The summed E-state index contributed by atoms with van der Waals surface area (Å²) in [4.78, 5) is 14.6. The Bertz CT molecular complexity index is 263. The van der Waals surface area contributed by atoms with Gasteiger partial charge in [0.1, 0.15) is 0 Å². The summed E-state index contributed by atoms with van der Waals surface area (Å²) in [5.41, 5.74) is 0. The predicted octanol–water partition coefficient (Wildman–Crippen LogP) is 3.15. The Balaban J connectivity index is 2.80. The summed E-state index contributed by atoms with van der Waals surface area (Å²) in [5, 5.41) is 3.50. The van der Waals surface area contributed by atoms with Gasteiger partial charge in [-0.05, 0) is 25.7 Å². The molecule has 3 nitrogen and oxygen atoms in total. The van der Waals surface area contributed by atoms with Crippen molar-refractivity contribution in [1.82, 2.24) is 10.2 Å². The number of hydrogen-bond acceptors (Lipinski definition) is 2. The smallest absolute Gasteiger partial charge is 0.241 e. The Morgan fingerprint density at radius 1 is 1.22 bits per heavy atom. The number of nitrogens with zero attached hydrogens (tertiary/aromatic N) is 1. The van der Waals surface area contributed by atoms with E-state index in [1.54, 1.807) is 0 Å². The number of nitrogens with one attached hydrogen (secondary N) is 1. The van der Waals surface area contributed by atoms with Gasteiger partial charge in [-0.3, -0.25) is 10.1 Å². The van der Waals surface area contributed by atoms with Crippen LogP contribution in [0.3, 0.4) is 0 Å². The average Bonchev–Trinajstić information content (AvgIpc) is 2.68. The first kappa shape index (κ1) is 15.5. The minimum absolute atomic E-state index is 0.0526. The summed E-state index contributed by atoms with van der Waals surface area (Å²) in [6.07, 6.45) is 5.56. The third-order valence-electron chi connectivity index (χ3n) is 4.42. The molecule has 0 aromatic carbocycles. The van der Waals surface area contributed by atoms with Crippen LogP contribution in [0.2, 0.25) is 0 Å². The summed E-state index contributed by atoms with van der Waals surface area (Å²) < 4.78 is 0. The third kappa shape index (κ3) is 3.05. The van der Waals surface area contributed by atoms with Crippen molar-refractivity contribution >= 4 is 5.91 Å². The summed E-state index contributed by atoms with van der Waals surface area (Å²) >= 11 is 0. The number of hydrogen-bond donors (Lipinski definition) is 1. The molecule has 3 heteroatoms. The molecule has 1 amide bonds. The van der Waals surface area contributed by atoms with Crippen LogP contribution in [0.5, 0.6) is 0 Å². The molecular formula is C15H30N2O. The Hall–Kier alpha value is -0.570. The molecule has 3 atom stereocenters. The van der Waals surface area contributed by atoms with Gasteiger partial charge in [0.25, 0.3) is 0 Å². The maximum Gasteiger partial charge on any atom is 0.241 e. The van der Waals surface area contributed by atoms with Gasteiger partial charge in [-0.15, -0.1) is 0 Å². The molecule has 1 heterocycles. The summed E-state index contributed by atoms with van der Waals surface area (Å²) in [6.45, 7) is 11.0. The molecule has 0 aromatic rings. The monoisotopic (exact) mass is 254 g/mol. The van der Waals surface area contributed by atoms with E-state index in [4.69, 9.17) is 0 Å². The second kappa shape index (κ2) is 7.13. The zero-order valence-corrected chi connectivity index (χ0v) is 12.7. The molecular weight excluding hydrogens is 224 g/mol. The lowest BCUT2D eigenvalue weighted by molar-refractivity contribution is -0.133. The van der Waals surface area contributed by atoms with E-state index in [-0.39, 0.29) is 12.2 Å². The molecule has 1 fully saturated rings. The SMILES string of the molecule is CCCC1NC(CC)N(C(C)C(CC)CC)C1=O. The summed E-state index contributed by atoms with van der Waals surface area (Å²) in [6, 6.07) is 0.406. The molecule has 0 saturated carbocycles. The highest BCUT2D eigenvalue weighted by molar-refractivity contribution is 5.84. The van der Waals surface area contributed by atoms with Crippen LogP contribution < -0.4 is 5.32 Å². The van der Waals surface area contributed by atoms with Gasteiger partial charge >= 0.3 is 0 Å². The molecule has 0 aromatic heterocycles. The molecule has 1 saturated heterocycles. The molecule has 0 bridgehead atoms. The van der Waals surface area contributed by atoms with Crippen LogP contribution in [0.15, 0.2) is 0 Å². The number of carbonyl (C=O) groups excluding carboxylic acids is 1. The van der Waals surface area contributed by atoms with Gasteiger partial charge in [0.15, 0.2) is 0 Å². The van der Waals surface area contributed by atoms with Crippen LogP contribution in [0.1, 0.15) is 66.7 Å². The van der Waals surface area contributed by atoms with Crippen molar-refractivity contribution < 1.29 is 4.79 Å². The number of carbonyl (C=O) groups is 1. The lowest BCUT2D eigenvalue weighted by Gasteiger charge is -2.34. The number of amides is 1. The first-order valence-electron chi connectivity index (χ1n) is 7.68. The molecule has 0 aliphatic carbocycles. The topological polar surface area (TPSA) is 32.3 Å². The van der Waals surface area contributed by atoms with Gasteiger partial charge in [-0.2, -0.15) is 0 Å². The highest BCUT2D eigenvalue weighted by Gasteiger charge is 2.41. The van der Waals surface area contributed by atoms with Gasteiger partial charge in [-0.25, -0.2) is 0 Å². The second-order valence-corrected chi connectivity index (χ2v) is 5.49. The van der Waals surface area contributed by atoms with Crippen LogP contribution in [0.25, 0.3) is 0 Å². The van der Waals surface area contributed by atoms with E-state index in [0.717, 1.165) is 32.1 Å². The van der Waals surface area contributed by atoms with Gasteiger partial charge in [-0.1, -0.05) is 47.0 Å². The van der Waals surface area contributed by atoms with Crippen molar-refractivity contribution in [2.75, 3.05) is 0 Å². The molecule has 1 N–H and O–H groups in total. The normalized spacial score (nSPS) is 26.1. The van der Waals surface area contributed by atoms with Crippen LogP contribution in [0, 0.1) is 5.92 Å². The van der Waals surface area contributed by atoms with Crippen LogP contribution in [-0.2, 0) is 4.79 Å². The van der Waals surface area contributed by atoms with Crippen molar-refractivity contribution in [1.29, 1.82) is 0 Å². The van der Waals surface area contributed by atoms with E-state index < -0.39 is 0 Å². The molecule has 106 valence electrons. The third-order valence-corrected chi connectivity index (χ3v) is 4.42. The lowest BCUT2D eigenvalue weighted by Crippen LogP contribution is -2.46. The van der Waals surface area contributed by atoms with Crippen molar-refractivity contribution in [3.8, 4) is 0 Å². The first-order valence-corrected chi connectivity index (χ1v) is 7.68. The Labute approximate surface area is 112 Å². The highest BCUT2D eigenvalue weighted by Crippen LogP contribution is 2.26. The Morgan fingerprint density at radius 3 is 2.28 bits per heavy atom. The van der Waals surface area contributed by atoms with Crippen molar-refractivity contribution in [3.05, 3.63) is 0 Å². The summed E-state index contributed by atoms with van der Waals surface area (Å²) in [7, 11) is 0. The average molecular weight is 254 g/mol. The molecule has 0 radical (unpaired) electrons. The zero-order valence-electron chi connectivity index (χ0n) is 12.7. The largest absolute Gasteiger partial charge is 0.323 e. The van der Waals surface area contributed by atoms with Crippen molar-refractivity contribution in [2.24, 2.45) is 5.92 Å². The first-order chi connectivity index (χ1) is 8.60. The fourth-order valence-corrected chi connectivity index (χ4v) is 3.21. The Morgan fingerprint density at radius 2 is 1.83 bits per heavy atom. The highest BCUT2D eigenvalue weighted by atomic mass is 16.2. The van der Waals surface area contributed by atoms with Gasteiger partial charge in [0.05, 0.1) is 12.2 Å². The van der Waals surface area contributed by atoms with Crippen LogP contribution >= 0.6 is 0 Å². The van der Waals surface area contributed by atoms with Gasteiger partial charge in [0.2, 0.25) is 5.91 Å². The molecule has 18 heavy (non-hydrogen) atoms. The van der Waals surface area contributed by atoms with Crippen molar-refractivity contribution in [3.63, 3.8) is 0 Å². The molecule has 1 aliphatic rings. The van der Waals surface area contributed by atoms with E-state index in [0.29, 0.717) is 17.9 Å². The predicted molar refractivity (Wildman–Crippen MR) is 76.3 cm³/mol. The Kier molecular flexibility index (Phi) is 6.13. The molecule has 0 spiro atoms. The van der Waals surface area contributed by atoms with E-state index in [1.165, 1.54) is 0 Å². The molecule has 3 unspecified atom stereocenters. The maximum atomic E-state index is 12.5. The van der Waals surface area contributed by atoms with E-state index in [1.807, 2.05) is 0 Å². The maximum absolute atomic E-state index is 12.5. The summed E-state index contributed by atoms with van der Waals surface area (Å²) in [5.74, 6) is 0.938. The van der Waals surface area contributed by atoms with E-state index >= 15 is 0 Å². The fraction of sp³-hybridized carbons (Fsp3) is 0.933. The van der Waals surface area contributed by atoms with E-state index in [9.17, 15) is 4.79 Å². The molecule has 1 aliphatic heterocycles. The standard InChI is InChI=1S/C15H30N2O/c1-6-10-13-15(18)17(14(9-4)16-13)11(5)12(7-2)8-3/h11-14,16H,6-10H2,1-5H3. The lowest BCUT2D eigenvalue weighted by atomic mass is 9.93. The van der Waals surface area contributed by atoms with Crippen LogP contribution in [-0.4, -0.2) is 29.1 Å². The zero-order chi connectivity index (χ0) is 13.7. The van der Waals surface area contributed by atoms with E-state index in [2.05, 4.69) is 44.8 Å². The minimum atomic E-state index is 0.0526. The molecule has 1 rings (SSSR count). The van der Waals surface area contributed by atoms with Gasteiger partial charge in [0, 0.05) is 6.04 Å². The van der Waals surface area contributed by atoms with Crippen molar-refractivity contribution in [2.45, 2.75) is 85.0 Å².